The average molecular weight is 341 g/mol. The van der Waals surface area contributed by atoms with Crippen molar-refractivity contribution >= 4 is 6.03 Å². The molecular formula is C21H31N3O. The highest BCUT2D eigenvalue weighted by Gasteiger charge is 2.39. The van der Waals surface area contributed by atoms with Crippen LogP contribution in [0.3, 0.4) is 0 Å². The van der Waals surface area contributed by atoms with Crippen LogP contribution < -0.4 is 5.32 Å². The van der Waals surface area contributed by atoms with Crippen LogP contribution >= 0.6 is 0 Å². The van der Waals surface area contributed by atoms with Crippen LogP contribution in [0.2, 0.25) is 0 Å². The average Bonchev–Trinajstić information content (AvgIpc) is 2.60. The van der Waals surface area contributed by atoms with Crippen LogP contribution in [0.5, 0.6) is 0 Å². The summed E-state index contributed by atoms with van der Waals surface area (Å²) in [6, 6.07) is 10.8. The van der Waals surface area contributed by atoms with Crippen molar-refractivity contribution in [1.29, 1.82) is 0 Å². The fourth-order valence-electron chi connectivity index (χ4n) is 3.87. The Morgan fingerprint density at radius 1 is 1.16 bits per heavy atom. The molecule has 1 aromatic carbocycles. The van der Waals surface area contributed by atoms with Crippen LogP contribution in [0.4, 0.5) is 4.79 Å². The molecule has 25 heavy (non-hydrogen) atoms. The maximum Gasteiger partial charge on any atom is 0.322 e. The Morgan fingerprint density at radius 2 is 1.92 bits per heavy atom. The third kappa shape index (κ3) is 4.06. The summed E-state index contributed by atoms with van der Waals surface area (Å²) in [6.45, 7) is 10.3. The zero-order valence-corrected chi connectivity index (χ0v) is 15.8. The zero-order valence-electron chi connectivity index (χ0n) is 15.8. The smallest absolute Gasteiger partial charge is 0.322 e. The minimum absolute atomic E-state index is 0.0786. The van der Waals surface area contributed by atoms with Gasteiger partial charge in [-0.3, -0.25) is 9.80 Å². The van der Waals surface area contributed by atoms with Gasteiger partial charge >= 0.3 is 6.03 Å². The molecule has 3 rings (SSSR count). The summed E-state index contributed by atoms with van der Waals surface area (Å²) in [5.74, 6) is 0. The van der Waals surface area contributed by atoms with Crippen molar-refractivity contribution in [3.63, 3.8) is 0 Å². The Bertz CT molecular complexity index is 636. The van der Waals surface area contributed by atoms with Crippen LogP contribution in [-0.4, -0.2) is 47.5 Å². The van der Waals surface area contributed by atoms with Crippen molar-refractivity contribution in [2.24, 2.45) is 0 Å². The van der Waals surface area contributed by atoms with Gasteiger partial charge in [0.2, 0.25) is 0 Å². The van der Waals surface area contributed by atoms with E-state index in [0.717, 1.165) is 51.9 Å². The summed E-state index contributed by atoms with van der Waals surface area (Å²) >= 11 is 0. The van der Waals surface area contributed by atoms with Gasteiger partial charge in [-0.1, -0.05) is 43.7 Å². The summed E-state index contributed by atoms with van der Waals surface area (Å²) in [5.41, 5.74) is 3.81. The molecule has 1 N–H and O–H groups in total. The number of carbonyl (C=O) groups is 1. The number of hydrogen-bond donors (Lipinski definition) is 1. The summed E-state index contributed by atoms with van der Waals surface area (Å²) in [7, 11) is 0. The normalized spacial score (nSPS) is 20.4. The molecule has 0 saturated heterocycles. The number of benzene rings is 1. The molecule has 4 heteroatoms. The van der Waals surface area contributed by atoms with Crippen molar-refractivity contribution in [1.82, 2.24) is 15.1 Å². The van der Waals surface area contributed by atoms with Crippen molar-refractivity contribution in [2.45, 2.75) is 52.0 Å². The number of unbranched alkanes of at least 4 members (excludes halogenated alkanes) is 1. The van der Waals surface area contributed by atoms with Crippen molar-refractivity contribution < 1.29 is 4.79 Å². The van der Waals surface area contributed by atoms with Gasteiger partial charge in [-0.15, -0.1) is 0 Å². The summed E-state index contributed by atoms with van der Waals surface area (Å²) in [5, 5.41) is 3.21. The van der Waals surface area contributed by atoms with Gasteiger partial charge in [-0.25, -0.2) is 4.79 Å². The van der Waals surface area contributed by atoms with Crippen molar-refractivity contribution in [3.8, 4) is 0 Å². The minimum Gasteiger partial charge on any atom is -0.329 e. The van der Waals surface area contributed by atoms with Gasteiger partial charge < -0.3 is 5.32 Å². The summed E-state index contributed by atoms with van der Waals surface area (Å²) in [4.78, 5) is 17.1. The lowest BCUT2D eigenvalue weighted by atomic mass is 9.86. The lowest BCUT2D eigenvalue weighted by Gasteiger charge is -2.46. The van der Waals surface area contributed by atoms with E-state index in [4.69, 9.17) is 0 Å². The fraction of sp³-hybridized carbons (Fsp3) is 0.571. The highest BCUT2D eigenvalue weighted by molar-refractivity contribution is 5.80. The predicted octanol–water partition coefficient (Wildman–Crippen LogP) is 3.79. The molecule has 1 aromatic rings. The van der Waals surface area contributed by atoms with E-state index in [1.54, 1.807) is 0 Å². The van der Waals surface area contributed by atoms with Crippen LogP contribution in [0.1, 0.15) is 45.6 Å². The Kier molecular flexibility index (Phi) is 5.48. The van der Waals surface area contributed by atoms with E-state index in [1.807, 2.05) is 4.90 Å². The van der Waals surface area contributed by atoms with Gasteiger partial charge in [-0.2, -0.15) is 0 Å². The van der Waals surface area contributed by atoms with Gasteiger partial charge in [-0.05, 0) is 37.8 Å². The molecule has 2 amide bonds. The highest BCUT2D eigenvalue weighted by atomic mass is 16.2. The Hall–Kier alpha value is -1.81. The van der Waals surface area contributed by atoms with E-state index in [9.17, 15) is 4.79 Å². The summed E-state index contributed by atoms with van der Waals surface area (Å²) < 4.78 is 0. The van der Waals surface area contributed by atoms with Gasteiger partial charge in [0.15, 0.2) is 0 Å². The molecule has 0 unspecified atom stereocenters. The van der Waals surface area contributed by atoms with Gasteiger partial charge in [0.25, 0.3) is 0 Å². The van der Waals surface area contributed by atoms with E-state index in [-0.39, 0.29) is 11.6 Å². The standard InChI is InChI=1S/C21H31N3O/c1-4-5-13-24-19-12-15-23(14-11-17-9-7-6-8-10-17)16-18(19)21(2,3)22-20(24)25/h6-10H,4-5,11-16H2,1-3H3,(H,22,25). The maximum absolute atomic E-state index is 12.5. The molecule has 2 heterocycles. The molecule has 0 fully saturated rings. The van der Waals surface area contributed by atoms with E-state index in [0.29, 0.717) is 0 Å². The third-order valence-corrected chi connectivity index (χ3v) is 5.43. The molecule has 2 aliphatic heterocycles. The summed E-state index contributed by atoms with van der Waals surface area (Å²) in [6.07, 6.45) is 4.22. The van der Waals surface area contributed by atoms with Crippen molar-refractivity contribution in [2.75, 3.05) is 26.2 Å². The molecule has 0 spiro atoms. The number of hydrogen-bond acceptors (Lipinski definition) is 2. The van der Waals surface area contributed by atoms with Crippen LogP contribution in [0, 0.1) is 0 Å². The second-order valence-corrected chi connectivity index (χ2v) is 7.75. The lowest BCUT2D eigenvalue weighted by Crippen LogP contribution is -2.59. The Balaban J connectivity index is 1.72. The van der Waals surface area contributed by atoms with Crippen LogP contribution in [-0.2, 0) is 6.42 Å². The topological polar surface area (TPSA) is 35.6 Å². The number of amides is 2. The van der Waals surface area contributed by atoms with E-state index >= 15 is 0 Å². The van der Waals surface area contributed by atoms with Crippen LogP contribution in [0.25, 0.3) is 0 Å². The van der Waals surface area contributed by atoms with Crippen molar-refractivity contribution in [3.05, 3.63) is 47.2 Å². The molecule has 136 valence electrons. The van der Waals surface area contributed by atoms with E-state index < -0.39 is 0 Å². The number of nitrogens with one attached hydrogen (secondary N) is 1. The second kappa shape index (κ2) is 7.61. The molecule has 0 atom stereocenters. The number of nitrogens with zero attached hydrogens (tertiary/aromatic N) is 2. The fourth-order valence-corrected chi connectivity index (χ4v) is 3.87. The van der Waals surface area contributed by atoms with Gasteiger partial charge in [0.05, 0.1) is 5.54 Å². The van der Waals surface area contributed by atoms with E-state index in [1.165, 1.54) is 16.8 Å². The van der Waals surface area contributed by atoms with Crippen LogP contribution in [0.15, 0.2) is 41.6 Å². The lowest BCUT2D eigenvalue weighted by molar-refractivity contribution is 0.172. The molecule has 0 saturated carbocycles. The number of rotatable bonds is 6. The quantitative estimate of drug-likeness (QED) is 0.854. The SMILES string of the molecule is CCCCN1C(=O)NC(C)(C)C2=C1CCN(CCc1ccccc1)C2. The van der Waals surface area contributed by atoms with Gasteiger partial charge in [0.1, 0.15) is 0 Å². The minimum atomic E-state index is -0.249. The predicted molar refractivity (Wildman–Crippen MR) is 102 cm³/mol. The molecule has 0 bridgehead atoms. The maximum atomic E-state index is 12.5. The number of carbonyl (C=O) groups excluding carboxylic acids is 1. The third-order valence-electron chi connectivity index (χ3n) is 5.43. The molecule has 0 aromatic heterocycles. The first-order valence-electron chi connectivity index (χ1n) is 9.59. The first-order chi connectivity index (χ1) is 12.0. The largest absolute Gasteiger partial charge is 0.329 e. The second-order valence-electron chi connectivity index (χ2n) is 7.75. The molecular weight excluding hydrogens is 310 g/mol. The zero-order chi connectivity index (χ0) is 17.9. The molecule has 4 nitrogen and oxygen atoms in total. The first kappa shape index (κ1) is 18.0. The number of urea groups is 1. The van der Waals surface area contributed by atoms with E-state index in [2.05, 4.69) is 61.3 Å². The van der Waals surface area contributed by atoms with Gasteiger partial charge in [0, 0.05) is 38.3 Å². The Morgan fingerprint density at radius 3 is 2.64 bits per heavy atom. The molecule has 0 radical (unpaired) electrons. The monoisotopic (exact) mass is 341 g/mol. The molecule has 2 aliphatic rings. The molecule has 0 aliphatic carbocycles. The Labute approximate surface area is 151 Å². The highest BCUT2D eigenvalue weighted by Crippen LogP contribution is 2.33. The first-order valence-corrected chi connectivity index (χ1v) is 9.59.